The molecule has 200 valence electrons. The maximum absolute atomic E-state index is 5.71. The first-order valence-corrected chi connectivity index (χ1v) is 15.3. The fraction of sp³-hybridized carbons (Fsp3) is 0.0278. The number of aromatic nitrogens is 1. The molecule has 0 fully saturated rings. The third-order valence-corrected chi connectivity index (χ3v) is 10.3. The van der Waals surface area contributed by atoms with Crippen LogP contribution in [-0.4, -0.2) is 12.1 Å². The van der Waals surface area contributed by atoms with Gasteiger partial charge in [-0.25, -0.2) is 0 Å². The van der Waals surface area contributed by atoms with Gasteiger partial charge >= 0.3 is 0 Å². The lowest BCUT2D eigenvalue weighted by atomic mass is 10.1. The van der Waals surface area contributed by atoms with E-state index in [2.05, 4.69) is 120 Å². The SMILES string of the molecule is COc1ccc(N/C(=C\P(=Nc2cccc3cccnc23)(c2ccccc2)c2ccccc2)c2ccccc2)cc1. The van der Waals surface area contributed by atoms with Crippen molar-refractivity contribution in [3.63, 3.8) is 0 Å². The van der Waals surface area contributed by atoms with Gasteiger partial charge < -0.3 is 10.1 Å². The van der Waals surface area contributed by atoms with Crippen LogP contribution in [0.5, 0.6) is 5.75 Å². The van der Waals surface area contributed by atoms with Crippen molar-refractivity contribution in [3.8, 4) is 5.75 Å². The summed E-state index contributed by atoms with van der Waals surface area (Å²) in [5.74, 6) is 3.16. The van der Waals surface area contributed by atoms with E-state index >= 15 is 0 Å². The Morgan fingerprint density at radius 1 is 0.683 bits per heavy atom. The fourth-order valence-electron chi connectivity index (χ4n) is 4.91. The summed E-state index contributed by atoms with van der Waals surface area (Å²) >= 11 is 0. The predicted octanol–water partition coefficient (Wildman–Crippen LogP) is 8.84. The van der Waals surface area contributed by atoms with Crippen LogP contribution in [-0.2, 0) is 0 Å². The Kier molecular flexibility index (Phi) is 7.75. The van der Waals surface area contributed by atoms with Crippen molar-refractivity contribution < 1.29 is 4.74 Å². The van der Waals surface area contributed by atoms with Gasteiger partial charge in [-0.15, -0.1) is 0 Å². The van der Waals surface area contributed by atoms with Crippen molar-refractivity contribution >= 4 is 45.6 Å². The smallest absolute Gasteiger partial charge is 0.119 e. The van der Waals surface area contributed by atoms with Gasteiger partial charge in [-0.05, 0) is 47.8 Å². The molecule has 0 atom stereocenters. The molecule has 0 saturated carbocycles. The molecule has 0 spiro atoms. The molecule has 1 aromatic heterocycles. The van der Waals surface area contributed by atoms with E-state index in [1.165, 1.54) is 0 Å². The number of para-hydroxylation sites is 1. The van der Waals surface area contributed by atoms with Gasteiger partial charge in [0, 0.05) is 33.6 Å². The number of fused-ring (bicyclic) bond motifs is 1. The number of ether oxygens (including phenoxy) is 1. The Balaban J connectivity index is 1.68. The van der Waals surface area contributed by atoms with Crippen LogP contribution in [0.3, 0.4) is 0 Å². The first-order valence-electron chi connectivity index (χ1n) is 13.5. The summed E-state index contributed by atoms with van der Waals surface area (Å²) in [6, 6.07) is 50.0. The normalized spacial score (nSPS) is 11.7. The molecule has 0 unspecified atom stereocenters. The third kappa shape index (κ3) is 5.70. The molecule has 41 heavy (non-hydrogen) atoms. The lowest BCUT2D eigenvalue weighted by Gasteiger charge is -2.25. The standard InChI is InChI=1S/C36H30N3OP/c1-40-31-24-22-30(23-25-31)38-35(28-13-5-2-6-14-28)27-41(32-17-7-3-8-18-32,33-19-9-4-10-20-33)39-34-21-11-15-29-16-12-26-37-36(29)34/h2-27,38H,1H3/b35-27-. The fourth-order valence-corrected chi connectivity index (χ4v) is 8.13. The maximum Gasteiger partial charge on any atom is 0.119 e. The van der Waals surface area contributed by atoms with Crippen LogP contribution >= 0.6 is 7.05 Å². The Morgan fingerprint density at radius 2 is 1.29 bits per heavy atom. The molecule has 6 rings (SSSR count). The van der Waals surface area contributed by atoms with E-state index in [1.807, 2.05) is 42.6 Å². The summed E-state index contributed by atoms with van der Waals surface area (Å²) in [5.41, 5.74) is 4.78. The first-order chi connectivity index (χ1) is 20.2. The molecule has 4 nitrogen and oxygen atoms in total. The number of nitrogens with one attached hydrogen (secondary N) is 1. The van der Waals surface area contributed by atoms with Crippen LogP contribution in [0.4, 0.5) is 11.4 Å². The molecule has 0 bridgehead atoms. The molecule has 0 radical (unpaired) electrons. The maximum atomic E-state index is 5.71. The summed E-state index contributed by atoms with van der Waals surface area (Å²) < 4.78 is 11.1. The number of rotatable bonds is 8. The minimum Gasteiger partial charge on any atom is -0.497 e. The van der Waals surface area contributed by atoms with Gasteiger partial charge in [-0.2, -0.15) is 0 Å². The summed E-state index contributed by atoms with van der Waals surface area (Å²) in [6.45, 7) is 0. The van der Waals surface area contributed by atoms with E-state index in [0.29, 0.717) is 0 Å². The predicted molar refractivity (Wildman–Crippen MR) is 174 cm³/mol. The number of nitrogens with zero attached hydrogens (tertiary/aromatic N) is 2. The monoisotopic (exact) mass is 551 g/mol. The zero-order valence-electron chi connectivity index (χ0n) is 22.8. The van der Waals surface area contributed by atoms with Crippen molar-refractivity contribution in [3.05, 3.63) is 163 Å². The molecular weight excluding hydrogens is 521 g/mol. The lowest BCUT2D eigenvalue weighted by molar-refractivity contribution is 0.415. The second kappa shape index (κ2) is 12.1. The van der Waals surface area contributed by atoms with E-state index in [1.54, 1.807) is 7.11 Å². The van der Waals surface area contributed by atoms with Gasteiger partial charge in [-0.3, -0.25) is 9.73 Å². The van der Waals surface area contributed by atoms with Crippen LogP contribution in [0, 0.1) is 0 Å². The Labute approximate surface area is 241 Å². The van der Waals surface area contributed by atoms with Gasteiger partial charge in [0.1, 0.15) is 5.75 Å². The molecule has 0 aliphatic heterocycles. The molecule has 0 amide bonds. The number of pyridine rings is 1. The van der Waals surface area contributed by atoms with Crippen molar-refractivity contribution in [1.29, 1.82) is 0 Å². The van der Waals surface area contributed by atoms with Gasteiger partial charge in [-0.1, -0.05) is 109 Å². The molecule has 1 N–H and O–H groups in total. The third-order valence-electron chi connectivity index (χ3n) is 6.95. The summed E-state index contributed by atoms with van der Waals surface area (Å²) in [7, 11) is -0.885. The average Bonchev–Trinajstić information content (AvgIpc) is 3.06. The molecule has 0 saturated heterocycles. The Bertz CT molecular complexity index is 1790. The second-order valence-corrected chi connectivity index (χ2v) is 12.4. The largest absolute Gasteiger partial charge is 0.497 e. The summed E-state index contributed by atoms with van der Waals surface area (Å²) in [5, 5.41) is 7.10. The minimum absolute atomic E-state index is 0.815. The quantitative estimate of drug-likeness (QED) is 0.192. The molecule has 0 aliphatic rings. The van der Waals surface area contributed by atoms with Crippen molar-refractivity contribution in [2.45, 2.75) is 0 Å². The topological polar surface area (TPSA) is 46.5 Å². The molecular formula is C36H30N3OP. The number of hydrogen-bond donors (Lipinski definition) is 1. The van der Waals surface area contributed by atoms with E-state index in [9.17, 15) is 0 Å². The Hall–Kier alpha value is -4.92. The zero-order chi connectivity index (χ0) is 27.9. The second-order valence-electron chi connectivity index (χ2n) is 9.57. The first kappa shape index (κ1) is 26.3. The highest BCUT2D eigenvalue weighted by atomic mass is 31.2. The molecule has 0 aliphatic carbocycles. The van der Waals surface area contributed by atoms with Crippen LogP contribution in [0.1, 0.15) is 5.56 Å². The van der Waals surface area contributed by atoms with Crippen molar-refractivity contribution in [1.82, 2.24) is 4.98 Å². The number of benzene rings is 5. The number of hydrogen-bond acceptors (Lipinski definition) is 4. The van der Waals surface area contributed by atoms with E-state index in [4.69, 9.17) is 14.5 Å². The molecule has 6 aromatic rings. The number of methoxy groups -OCH3 is 1. The zero-order valence-corrected chi connectivity index (χ0v) is 23.7. The lowest BCUT2D eigenvalue weighted by Crippen LogP contribution is -2.15. The van der Waals surface area contributed by atoms with Gasteiger partial charge in [0.2, 0.25) is 0 Å². The van der Waals surface area contributed by atoms with E-state index < -0.39 is 7.05 Å². The highest BCUT2D eigenvalue weighted by molar-refractivity contribution is 7.83. The molecule has 1 heterocycles. The average molecular weight is 552 g/mol. The van der Waals surface area contributed by atoms with Crippen LogP contribution in [0.2, 0.25) is 0 Å². The van der Waals surface area contributed by atoms with Crippen molar-refractivity contribution in [2.24, 2.45) is 4.74 Å². The molecule has 5 aromatic carbocycles. The minimum atomic E-state index is -2.57. The van der Waals surface area contributed by atoms with Crippen LogP contribution in [0.25, 0.3) is 16.6 Å². The van der Waals surface area contributed by atoms with Crippen molar-refractivity contribution in [2.75, 3.05) is 12.4 Å². The van der Waals surface area contributed by atoms with E-state index in [0.717, 1.165) is 49.9 Å². The Morgan fingerprint density at radius 3 is 1.93 bits per heavy atom. The molecule has 5 heteroatoms. The highest BCUT2D eigenvalue weighted by Crippen LogP contribution is 2.54. The van der Waals surface area contributed by atoms with Crippen LogP contribution < -0.4 is 20.7 Å². The summed E-state index contributed by atoms with van der Waals surface area (Å²) in [6.07, 6.45) is 1.84. The summed E-state index contributed by atoms with van der Waals surface area (Å²) in [4.78, 5) is 4.75. The number of anilines is 1. The highest BCUT2D eigenvalue weighted by Gasteiger charge is 2.25. The van der Waals surface area contributed by atoms with Crippen LogP contribution in [0.15, 0.2) is 162 Å². The van der Waals surface area contributed by atoms with Gasteiger partial charge in [0.15, 0.2) is 0 Å². The van der Waals surface area contributed by atoms with Gasteiger partial charge in [0.05, 0.1) is 25.4 Å². The van der Waals surface area contributed by atoms with Gasteiger partial charge in [0.25, 0.3) is 0 Å². The van der Waals surface area contributed by atoms with E-state index in [-0.39, 0.29) is 0 Å².